The van der Waals surface area contributed by atoms with E-state index in [9.17, 15) is 10.2 Å². The molecule has 5 nitrogen and oxygen atoms in total. The number of benzene rings is 1. The summed E-state index contributed by atoms with van der Waals surface area (Å²) in [5.41, 5.74) is 7.88. The zero-order chi connectivity index (χ0) is 13.8. The largest absolute Gasteiger partial charge is 0.396 e. The van der Waals surface area contributed by atoms with E-state index in [4.69, 9.17) is 10.8 Å². The summed E-state index contributed by atoms with van der Waals surface area (Å²) in [6, 6.07) is 7.10. The molecular formula is C13H16N2O3S. The van der Waals surface area contributed by atoms with Gasteiger partial charge in [-0.2, -0.15) is 0 Å². The highest BCUT2D eigenvalue weighted by Crippen LogP contribution is 2.26. The van der Waals surface area contributed by atoms with E-state index in [0.717, 1.165) is 11.3 Å². The third-order valence-electron chi connectivity index (χ3n) is 2.86. The Kier molecular flexibility index (Phi) is 4.49. The number of rotatable bonds is 5. The van der Waals surface area contributed by atoms with Gasteiger partial charge in [0, 0.05) is 17.6 Å². The van der Waals surface area contributed by atoms with Crippen molar-refractivity contribution in [3.05, 3.63) is 35.2 Å². The highest BCUT2D eigenvalue weighted by molar-refractivity contribution is 7.13. The van der Waals surface area contributed by atoms with Crippen LogP contribution >= 0.6 is 11.3 Å². The van der Waals surface area contributed by atoms with Crippen LogP contribution in [0.2, 0.25) is 0 Å². The quantitative estimate of drug-likeness (QED) is 0.659. The third-order valence-corrected chi connectivity index (χ3v) is 3.53. The fourth-order valence-corrected chi connectivity index (χ4v) is 2.36. The van der Waals surface area contributed by atoms with Crippen molar-refractivity contribution in [1.29, 1.82) is 0 Å². The molecule has 5 N–H and O–H groups in total. The Morgan fingerprint density at radius 2 is 1.89 bits per heavy atom. The maximum absolute atomic E-state index is 9.89. The summed E-state index contributed by atoms with van der Waals surface area (Å²) >= 11 is 1.37. The molecule has 0 spiro atoms. The molecule has 1 aromatic heterocycles. The Balaban J connectivity index is 2.14. The molecule has 0 saturated carbocycles. The van der Waals surface area contributed by atoms with E-state index in [0.29, 0.717) is 10.7 Å². The Labute approximate surface area is 115 Å². The summed E-state index contributed by atoms with van der Waals surface area (Å²) in [5, 5.41) is 30.6. The Hall–Kier alpha value is -1.47. The number of nitrogen functional groups attached to an aromatic ring is 1. The van der Waals surface area contributed by atoms with Crippen LogP contribution in [0.25, 0.3) is 11.3 Å². The summed E-state index contributed by atoms with van der Waals surface area (Å²) in [4.78, 5) is 4.17. The lowest BCUT2D eigenvalue weighted by Crippen LogP contribution is -2.19. The van der Waals surface area contributed by atoms with Crippen molar-refractivity contribution in [3.8, 4) is 11.3 Å². The van der Waals surface area contributed by atoms with Crippen molar-refractivity contribution in [2.45, 2.75) is 18.6 Å². The molecule has 1 aromatic carbocycles. The maximum atomic E-state index is 9.89. The van der Waals surface area contributed by atoms with Crippen LogP contribution in [0, 0.1) is 0 Å². The van der Waals surface area contributed by atoms with Gasteiger partial charge in [0.05, 0.1) is 11.8 Å². The molecule has 0 aliphatic carbocycles. The van der Waals surface area contributed by atoms with Gasteiger partial charge in [0.2, 0.25) is 0 Å². The SMILES string of the molecule is Nc1nc(-c2ccc(C(O)C(O)CCO)cc2)cs1. The second kappa shape index (κ2) is 6.12. The number of hydrogen-bond donors (Lipinski definition) is 4. The van der Waals surface area contributed by atoms with Crippen LogP contribution in [-0.4, -0.2) is 33.0 Å². The lowest BCUT2D eigenvalue weighted by molar-refractivity contribution is 0.00422. The first-order valence-electron chi connectivity index (χ1n) is 5.90. The molecule has 0 aliphatic heterocycles. The van der Waals surface area contributed by atoms with E-state index in [1.165, 1.54) is 11.3 Å². The van der Waals surface area contributed by atoms with Crippen LogP contribution in [0.5, 0.6) is 0 Å². The molecule has 102 valence electrons. The molecular weight excluding hydrogens is 264 g/mol. The number of anilines is 1. The molecule has 0 radical (unpaired) electrons. The molecule has 1 heterocycles. The number of thiazole rings is 1. The van der Waals surface area contributed by atoms with E-state index in [-0.39, 0.29) is 13.0 Å². The normalized spacial score (nSPS) is 14.3. The minimum Gasteiger partial charge on any atom is -0.396 e. The van der Waals surface area contributed by atoms with Crippen molar-refractivity contribution in [3.63, 3.8) is 0 Å². The summed E-state index contributed by atoms with van der Waals surface area (Å²) in [5.74, 6) is 0. The highest BCUT2D eigenvalue weighted by atomic mass is 32.1. The van der Waals surface area contributed by atoms with Crippen molar-refractivity contribution < 1.29 is 15.3 Å². The van der Waals surface area contributed by atoms with Crippen LogP contribution < -0.4 is 5.73 Å². The molecule has 0 saturated heterocycles. The molecule has 2 aromatic rings. The third kappa shape index (κ3) is 3.30. The fourth-order valence-electron chi connectivity index (χ4n) is 1.78. The average Bonchev–Trinajstić information content (AvgIpc) is 2.85. The van der Waals surface area contributed by atoms with Gasteiger partial charge in [0.25, 0.3) is 0 Å². The molecule has 2 atom stereocenters. The van der Waals surface area contributed by atoms with Crippen LogP contribution in [0.3, 0.4) is 0 Å². The van der Waals surface area contributed by atoms with E-state index in [1.807, 2.05) is 17.5 Å². The van der Waals surface area contributed by atoms with Crippen molar-refractivity contribution in [1.82, 2.24) is 4.98 Å². The molecule has 2 unspecified atom stereocenters. The summed E-state index contributed by atoms with van der Waals surface area (Å²) in [6.45, 7) is -0.158. The number of nitrogens with two attached hydrogens (primary N) is 1. The minimum absolute atomic E-state index is 0.144. The maximum Gasteiger partial charge on any atom is 0.180 e. The number of aliphatic hydroxyl groups excluding tert-OH is 3. The minimum atomic E-state index is -0.998. The van der Waals surface area contributed by atoms with Gasteiger partial charge in [0.15, 0.2) is 5.13 Å². The van der Waals surface area contributed by atoms with Gasteiger partial charge in [-0.3, -0.25) is 0 Å². The second-order valence-corrected chi connectivity index (χ2v) is 5.11. The molecule has 0 amide bonds. The molecule has 0 fully saturated rings. The predicted molar refractivity (Wildman–Crippen MR) is 74.6 cm³/mol. The van der Waals surface area contributed by atoms with Gasteiger partial charge in [-0.15, -0.1) is 11.3 Å². The summed E-state index contributed by atoms with van der Waals surface area (Å²) in [7, 11) is 0. The first kappa shape index (κ1) is 14.0. The van der Waals surface area contributed by atoms with Crippen molar-refractivity contribution in [2.75, 3.05) is 12.3 Å². The van der Waals surface area contributed by atoms with Gasteiger partial charge < -0.3 is 21.1 Å². The Morgan fingerprint density at radius 3 is 2.42 bits per heavy atom. The number of aliphatic hydroxyl groups is 3. The van der Waals surface area contributed by atoms with Crippen molar-refractivity contribution in [2.24, 2.45) is 0 Å². The second-order valence-electron chi connectivity index (χ2n) is 4.22. The first-order valence-corrected chi connectivity index (χ1v) is 6.78. The Bertz CT molecular complexity index is 527. The molecule has 2 rings (SSSR count). The van der Waals surface area contributed by atoms with Crippen LogP contribution in [0.1, 0.15) is 18.1 Å². The van der Waals surface area contributed by atoms with Crippen LogP contribution in [-0.2, 0) is 0 Å². The first-order chi connectivity index (χ1) is 9.11. The van der Waals surface area contributed by atoms with Crippen LogP contribution in [0.15, 0.2) is 29.6 Å². The highest BCUT2D eigenvalue weighted by Gasteiger charge is 2.17. The smallest absolute Gasteiger partial charge is 0.180 e. The fraction of sp³-hybridized carbons (Fsp3) is 0.308. The number of nitrogens with zero attached hydrogens (tertiary/aromatic N) is 1. The molecule has 0 bridgehead atoms. The predicted octanol–water partition coefficient (Wildman–Crippen LogP) is 1.17. The van der Waals surface area contributed by atoms with Gasteiger partial charge in [0.1, 0.15) is 6.10 Å². The average molecular weight is 280 g/mol. The van der Waals surface area contributed by atoms with Gasteiger partial charge in [-0.25, -0.2) is 4.98 Å². The summed E-state index contributed by atoms with van der Waals surface area (Å²) in [6.07, 6.45) is -1.82. The lowest BCUT2D eigenvalue weighted by Gasteiger charge is -2.17. The molecule has 6 heteroatoms. The van der Waals surface area contributed by atoms with Gasteiger partial charge in [-0.1, -0.05) is 24.3 Å². The van der Waals surface area contributed by atoms with Gasteiger partial charge in [-0.05, 0) is 12.0 Å². The monoisotopic (exact) mass is 280 g/mol. The zero-order valence-electron chi connectivity index (χ0n) is 10.2. The zero-order valence-corrected chi connectivity index (χ0v) is 11.0. The standard InChI is InChI=1S/C13H16N2O3S/c14-13-15-10(7-19-13)8-1-3-9(4-2-8)12(18)11(17)5-6-16/h1-4,7,11-12,16-18H,5-6H2,(H2,14,15). The molecule has 0 aliphatic rings. The Morgan fingerprint density at radius 1 is 1.21 bits per heavy atom. The van der Waals surface area contributed by atoms with E-state index in [2.05, 4.69) is 4.98 Å². The number of aromatic nitrogens is 1. The molecule has 19 heavy (non-hydrogen) atoms. The van der Waals surface area contributed by atoms with Crippen LogP contribution in [0.4, 0.5) is 5.13 Å². The van der Waals surface area contributed by atoms with Gasteiger partial charge >= 0.3 is 0 Å². The van der Waals surface area contributed by atoms with E-state index < -0.39 is 12.2 Å². The topological polar surface area (TPSA) is 99.6 Å². The number of hydrogen-bond acceptors (Lipinski definition) is 6. The van der Waals surface area contributed by atoms with Crippen molar-refractivity contribution >= 4 is 16.5 Å². The van der Waals surface area contributed by atoms with E-state index in [1.54, 1.807) is 12.1 Å². The van der Waals surface area contributed by atoms with E-state index >= 15 is 0 Å². The summed E-state index contributed by atoms with van der Waals surface area (Å²) < 4.78 is 0. The lowest BCUT2D eigenvalue weighted by atomic mass is 10.0.